The molecule has 0 radical (unpaired) electrons. The summed E-state index contributed by atoms with van der Waals surface area (Å²) >= 11 is 0. The van der Waals surface area contributed by atoms with Gasteiger partial charge in [0.2, 0.25) is 0 Å². The first-order valence-electron chi connectivity index (χ1n) is 20.0. The summed E-state index contributed by atoms with van der Waals surface area (Å²) in [7, 11) is 0. The molecule has 0 spiro atoms. The van der Waals surface area contributed by atoms with E-state index < -0.39 is 0 Å². The Morgan fingerprint density at radius 1 is 0.259 bits per heavy atom. The van der Waals surface area contributed by atoms with Crippen molar-refractivity contribution in [2.24, 2.45) is 0 Å². The molecule has 0 saturated heterocycles. The molecule has 0 bridgehead atoms. The molecule has 0 amide bonds. The fourth-order valence-electron chi connectivity index (χ4n) is 9.61. The molecule has 0 aliphatic carbocycles. The fraction of sp³-hybridized carbons (Fsp3) is 0.0182. The van der Waals surface area contributed by atoms with Crippen LogP contribution in [0.25, 0.3) is 105 Å². The molecule has 3 heterocycles. The average molecular weight is 740 g/mol. The predicted molar refractivity (Wildman–Crippen MR) is 245 cm³/mol. The Kier molecular flexibility index (Phi) is 7.14. The smallest absolute Gasteiger partial charge is 0.0541 e. The van der Waals surface area contributed by atoms with Gasteiger partial charge < -0.3 is 13.7 Å². The number of fused-ring (bicyclic) bond motifs is 9. The van der Waals surface area contributed by atoms with Gasteiger partial charge in [0, 0.05) is 49.4 Å². The Bertz CT molecular complexity index is 3220. The summed E-state index contributed by atoms with van der Waals surface area (Å²) in [5.41, 5.74) is 16.8. The van der Waals surface area contributed by atoms with Crippen LogP contribution in [0.15, 0.2) is 206 Å². The molecule has 9 aromatic carbocycles. The van der Waals surface area contributed by atoms with Crippen molar-refractivity contribution in [3.05, 3.63) is 212 Å². The molecule has 0 N–H and O–H groups in total. The van der Waals surface area contributed by atoms with E-state index in [4.69, 9.17) is 0 Å². The molecule has 0 aliphatic heterocycles. The minimum Gasteiger partial charge on any atom is -0.309 e. The second-order valence-corrected chi connectivity index (χ2v) is 15.4. The van der Waals surface area contributed by atoms with Crippen LogP contribution in [0, 0.1) is 6.92 Å². The molecule has 0 saturated carbocycles. The lowest BCUT2D eigenvalue weighted by Crippen LogP contribution is -1.99. The van der Waals surface area contributed by atoms with Crippen LogP contribution in [-0.4, -0.2) is 13.7 Å². The van der Waals surface area contributed by atoms with Crippen LogP contribution in [-0.2, 0) is 0 Å². The monoisotopic (exact) mass is 739 g/mol. The molecule has 0 unspecified atom stereocenters. The van der Waals surface area contributed by atoms with E-state index >= 15 is 0 Å². The van der Waals surface area contributed by atoms with Crippen molar-refractivity contribution in [3.63, 3.8) is 0 Å². The van der Waals surface area contributed by atoms with Crippen molar-refractivity contribution in [1.82, 2.24) is 13.7 Å². The quantitative estimate of drug-likeness (QED) is 0.167. The van der Waals surface area contributed by atoms with Gasteiger partial charge >= 0.3 is 0 Å². The van der Waals surface area contributed by atoms with Crippen LogP contribution in [0.2, 0.25) is 0 Å². The summed E-state index contributed by atoms with van der Waals surface area (Å²) in [6, 6.07) is 75.5. The SMILES string of the molecule is Cc1c(-c2ccc(-n3c4ccccc4c4ccccc43)cc2)cc(-n2c3ccccc3c3ccccc32)cc1-c1ccc(-n2c3ccccc3c3ccccc32)cc1. The first-order valence-corrected chi connectivity index (χ1v) is 20.0. The third-order valence-corrected chi connectivity index (χ3v) is 12.3. The Balaban J connectivity index is 1.05. The molecule has 12 rings (SSSR count). The number of aromatic nitrogens is 3. The highest BCUT2D eigenvalue weighted by molar-refractivity contribution is 6.11. The van der Waals surface area contributed by atoms with E-state index in [1.807, 2.05) is 0 Å². The van der Waals surface area contributed by atoms with Gasteiger partial charge in [-0.15, -0.1) is 0 Å². The second-order valence-electron chi connectivity index (χ2n) is 15.4. The molecular formula is C55H37N3. The van der Waals surface area contributed by atoms with Gasteiger partial charge in [0.1, 0.15) is 0 Å². The minimum atomic E-state index is 1.14. The average Bonchev–Trinajstić information content (AvgIpc) is 3.93. The van der Waals surface area contributed by atoms with E-state index in [1.54, 1.807) is 0 Å². The van der Waals surface area contributed by atoms with Crippen LogP contribution in [0.3, 0.4) is 0 Å². The summed E-state index contributed by atoms with van der Waals surface area (Å²) in [4.78, 5) is 0. The molecule has 0 fully saturated rings. The molecule has 12 aromatic rings. The van der Waals surface area contributed by atoms with Gasteiger partial charge in [-0.2, -0.15) is 0 Å². The summed E-state index contributed by atoms with van der Waals surface area (Å²) < 4.78 is 7.22. The fourth-order valence-corrected chi connectivity index (χ4v) is 9.61. The standard InChI is InChI=1S/C55H37N3/c1-36-48(37-26-30-39(31-27-37)56-50-20-8-2-14-42(50)43-15-3-9-21-51(43)56)34-41(58-54-24-12-6-18-46(54)47-19-7-13-25-55(47)58)35-49(36)38-28-32-40(33-29-38)57-52-22-10-4-16-44(52)45-17-5-11-23-53(45)57/h2-35H,1H3. The van der Waals surface area contributed by atoms with Crippen molar-refractivity contribution >= 4 is 65.4 Å². The highest BCUT2D eigenvalue weighted by Gasteiger charge is 2.19. The summed E-state index contributed by atoms with van der Waals surface area (Å²) in [6.07, 6.45) is 0. The number of rotatable bonds is 5. The Morgan fingerprint density at radius 2 is 0.500 bits per heavy atom. The van der Waals surface area contributed by atoms with Gasteiger partial charge in [0.15, 0.2) is 0 Å². The zero-order valence-corrected chi connectivity index (χ0v) is 32.0. The van der Waals surface area contributed by atoms with Crippen LogP contribution in [0.1, 0.15) is 5.56 Å². The van der Waals surface area contributed by atoms with Gasteiger partial charge in [0.05, 0.1) is 33.1 Å². The Morgan fingerprint density at radius 3 is 0.776 bits per heavy atom. The molecule has 3 nitrogen and oxygen atoms in total. The zero-order valence-electron chi connectivity index (χ0n) is 32.0. The molecule has 58 heavy (non-hydrogen) atoms. The molecule has 3 aromatic heterocycles. The highest BCUT2D eigenvalue weighted by atomic mass is 15.0. The number of para-hydroxylation sites is 6. The molecule has 0 atom stereocenters. The first kappa shape index (κ1) is 32.6. The lowest BCUT2D eigenvalue weighted by atomic mass is 9.91. The lowest BCUT2D eigenvalue weighted by Gasteiger charge is -2.18. The largest absolute Gasteiger partial charge is 0.309 e. The van der Waals surface area contributed by atoms with Crippen molar-refractivity contribution < 1.29 is 0 Å². The number of nitrogens with zero attached hydrogens (tertiary/aromatic N) is 3. The molecule has 0 aliphatic rings. The maximum Gasteiger partial charge on any atom is 0.0541 e. The summed E-state index contributed by atoms with van der Waals surface area (Å²) in [5, 5.41) is 7.59. The lowest BCUT2D eigenvalue weighted by molar-refractivity contribution is 1.17. The van der Waals surface area contributed by atoms with E-state index in [-0.39, 0.29) is 0 Å². The first-order chi connectivity index (χ1) is 28.7. The van der Waals surface area contributed by atoms with Gasteiger partial charge in [-0.1, -0.05) is 133 Å². The Labute approximate surface area is 335 Å². The van der Waals surface area contributed by atoms with E-state index in [0.717, 1.165) is 17.1 Å². The number of hydrogen-bond acceptors (Lipinski definition) is 0. The van der Waals surface area contributed by atoms with Crippen LogP contribution >= 0.6 is 0 Å². The van der Waals surface area contributed by atoms with Gasteiger partial charge in [-0.3, -0.25) is 0 Å². The maximum atomic E-state index is 2.44. The summed E-state index contributed by atoms with van der Waals surface area (Å²) in [5.74, 6) is 0. The van der Waals surface area contributed by atoms with Crippen molar-refractivity contribution in [2.45, 2.75) is 6.92 Å². The molecule has 272 valence electrons. The van der Waals surface area contributed by atoms with Crippen LogP contribution < -0.4 is 0 Å². The van der Waals surface area contributed by atoms with E-state index in [0.29, 0.717) is 0 Å². The number of hydrogen-bond donors (Lipinski definition) is 0. The van der Waals surface area contributed by atoms with Crippen molar-refractivity contribution in [3.8, 4) is 39.3 Å². The van der Waals surface area contributed by atoms with Gasteiger partial charge in [-0.05, 0) is 108 Å². The third kappa shape index (κ3) is 4.80. The topological polar surface area (TPSA) is 14.8 Å². The minimum absolute atomic E-state index is 1.14. The van der Waals surface area contributed by atoms with Crippen molar-refractivity contribution in [2.75, 3.05) is 0 Å². The van der Waals surface area contributed by atoms with E-state index in [2.05, 4.69) is 227 Å². The third-order valence-electron chi connectivity index (χ3n) is 12.3. The van der Waals surface area contributed by atoms with Gasteiger partial charge in [0.25, 0.3) is 0 Å². The highest BCUT2D eigenvalue weighted by Crippen LogP contribution is 2.40. The normalized spacial score (nSPS) is 11.9. The maximum absolute atomic E-state index is 2.44. The van der Waals surface area contributed by atoms with Gasteiger partial charge in [-0.25, -0.2) is 0 Å². The second kappa shape index (κ2) is 12.7. The van der Waals surface area contributed by atoms with E-state index in [1.165, 1.54) is 93.2 Å². The molecular weight excluding hydrogens is 703 g/mol. The zero-order chi connectivity index (χ0) is 38.3. The van der Waals surface area contributed by atoms with Crippen LogP contribution in [0.4, 0.5) is 0 Å². The van der Waals surface area contributed by atoms with E-state index in [9.17, 15) is 0 Å². The Hall–Kier alpha value is -7.62. The summed E-state index contributed by atoms with van der Waals surface area (Å²) in [6.45, 7) is 2.28. The van der Waals surface area contributed by atoms with Crippen molar-refractivity contribution in [1.29, 1.82) is 0 Å². The van der Waals surface area contributed by atoms with Crippen LogP contribution in [0.5, 0.6) is 0 Å². The molecule has 3 heteroatoms. The predicted octanol–water partition coefficient (Wildman–Crippen LogP) is 14.6. The number of benzene rings is 9.